The van der Waals surface area contributed by atoms with Crippen molar-refractivity contribution < 1.29 is 9.50 Å². The van der Waals surface area contributed by atoms with E-state index in [1.54, 1.807) is 17.4 Å². The average molecular weight is 306 g/mol. The molecule has 0 saturated carbocycles. The maximum Gasteiger partial charge on any atom is 0.140 e. The van der Waals surface area contributed by atoms with Crippen molar-refractivity contribution in [3.63, 3.8) is 0 Å². The lowest BCUT2D eigenvalue weighted by atomic mass is 10.1. The second-order valence-electron chi connectivity index (χ2n) is 5.38. The number of aliphatic hydroxyl groups excluding tert-OH is 1. The molecule has 21 heavy (non-hydrogen) atoms. The number of hydrogen-bond acceptors (Lipinski definition) is 4. The highest BCUT2D eigenvalue weighted by atomic mass is 32.1. The van der Waals surface area contributed by atoms with Crippen molar-refractivity contribution in [2.45, 2.75) is 32.7 Å². The Morgan fingerprint density at radius 3 is 3.10 bits per heavy atom. The van der Waals surface area contributed by atoms with Gasteiger partial charge in [0.15, 0.2) is 0 Å². The van der Waals surface area contributed by atoms with Crippen molar-refractivity contribution >= 4 is 11.3 Å². The molecule has 1 unspecified atom stereocenters. The highest BCUT2D eigenvalue weighted by Crippen LogP contribution is 2.29. The molecular formula is C16H19FN2OS. The summed E-state index contributed by atoms with van der Waals surface area (Å²) in [4.78, 5) is 2.28. The van der Waals surface area contributed by atoms with Gasteiger partial charge in [-0.05, 0) is 48.2 Å². The Bertz CT molecular complexity index is 618. The Balaban J connectivity index is 1.67. The number of aliphatic hydroxyl groups is 1. The van der Waals surface area contributed by atoms with Gasteiger partial charge in [-0.3, -0.25) is 5.32 Å². The minimum atomic E-state index is -0.705. The van der Waals surface area contributed by atoms with E-state index >= 15 is 0 Å². The Labute approximate surface area is 127 Å². The van der Waals surface area contributed by atoms with Gasteiger partial charge >= 0.3 is 0 Å². The number of thiophene rings is 1. The minimum Gasteiger partial charge on any atom is -0.373 e. The first-order valence-electron chi connectivity index (χ1n) is 7.12. The van der Waals surface area contributed by atoms with Gasteiger partial charge < -0.3 is 10.4 Å². The Kier molecular flexibility index (Phi) is 4.35. The molecule has 0 spiro atoms. The first-order chi connectivity index (χ1) is 10.1. The Morgan fingerprint density at radius 2 is 2.29 bits per heavy atom. The third kappa shape index (κ3) is 3.32. The molecule has 3 N–H and O–H groups in total. The number of fused-ring (bicyclic) bond motifs is 1. The van der Waals surface area contributed by atoms with Gasteiger partial charge in [0.1, 0.15) is 12.0 Å². The molecule has 1 aromatic heterocycles. The van der Waals surface area contributed by atoms with Gasteiger partial charge in [-0.2, -0.15) is 0 Å². The highest BCUT2D eigenvalue weighted by molar-refractivity contribution is 7.12. The molecule has 0 bridgehead atoms. The molecule has 1 aromatic carbocycles. The van der Waals surface area contributed by atoms with Crippen molar-refractivity contribution in [2.24, 2.45) is 0 Å². The molecule has 0 fully saturated rings. The van der Waals surface area contributed by atoms with Gasteiger partial charge in [0, 0.05) is 29.4 Å². The summed E-state index contributed by atoms with van der Waals surface area (Å²) in [6.45, 7) is 4.27. The third-order valence-electron chi connectivity index (χ3n) is 3.83. The van der Waals surface area contributed by atoms with Crippen LogP contribution in [0.1, 0.15) is 32.7 Å². The van der Waals surface area contributed by atoms with Gasteiger partial charge in [0.25, 0.3) is 0 Å². The average Bonchev–Trinajstić information content (AvgIpc) is 2.92. The number of aryl methyl sites for hydroxylation is 1. The quantitative estimate of drug-likeness (QED) is 0.761. The van der Waals surface area contributed by atoms with Crippen LogP contribution in [0.3, 0.4) is 0 Å². The van der Waals surface area contributed by atoms with Crippen LogP contribution in [0.15, 0.2) is 24.3 Å². The summed E-state index contributed by atoms with van der Waals surface area (Å²) in [5.41, 5.74) is 3.17. The van der Waals surface area contributed by atoms with Crippen LogP contribution in [0, 0.1) is 12.7 Å². The summed E-state index contributed by atoms with van der Waals surface area (Å²) >= 11 is 1.66. The molecule has 5 heteroatoms. The Hall–Kier alpha value is -1.27. The van der Waals surface area contributed by atoms with Crippen molar-refractivity contribution in [1.82, 2.24) is 10.6 Å². The van der Waals surface area contributed by atoms with Gasteiger partial charge in [0.05, 0.1) is 0 Å². The molecule has 1 aliphatic rings. The van der Waals surface area contributed by atoms with E-state index < -0.39 is 6.23 Å². The lowest BCUT2D eigenvalue weighted by Crippen LogP contribution is -2.21. The minimum absolute atomic E-state index is 0.246. The van der Waals surface area contributed by atoms with Crippen LogP contribution in [-0.4, -0.2) is 11.7 Å². The lowest BCUT2D eigenvalue weighted by molar-refractivity contribution is 0.140. The number of rotatable bonds is 4. The van der Waals surface area contributed by atoms with Crippen LogP contribution in [0.5, 0.6) is 0 Å². The lowest BCUT2D eigenvalue weighted by Gasteiger charge is -2.12. The van der Waals surface area contributed by atoms with Gasteiger partial charge in [-0.25, -0.2) is 4.39 Å². The predicted molar refractivity (Wildman–Crippen MR) is 82.7 cm³/mol. The molecule has 0 amide bonds. The van der Waals surface area contributed by atoms with Gasteiger partial charge in [0.2, 0.25) is 0 Å². The monoisotopic (exact) mass is 306 g/mol. The van der Waals surface area contributed by atoms with Gasteiger partial charge in [-0.1, -0.05) is 6.07 Å². The van der Waals surface area contributed by atoms with Crippen molar-refractivity contribution in [1.29, 1.82) is 0 Å². The maximum absolute atomic E-state index is 13.3. The number of halogens is 1. The molecule has 2 aromatic rings. The molecule has 1 aliphatic heterocycles. The van der Waals surface area contributed by atoms with E-state index in [1.807, 2.05) is 6.92 Å². The van der Waals surface area contributed by atoms with E-state index in [4.69, 9.17) is 0 Å². The summed E-state index contributed by atoms with van der Waals surface area (Å²) in [6, 6.07) is 6.78. The second kappa shape index (κ2) is 6.23. The number of nitrogens with one attached hydrogen (secondary N) is 2. The summed E-state index contributed by atoms with van der Waals surface area (Å²) in [6.07, 6.45) is 0.318. The second-order valence-corrected chi connectivity index (χ2v) is 6.55. The first kappa shape index (κ1) is 14.7. The number of benzene rings is 1. The zero-order valence-corrected chi connectivity index (χ0v) is 12.8. The summed E-state index contributed by atoms with van der Waals surface area (Å²) in [5, 5.41) is 16.7. The molecule has 3 nitrogen and oxygen atoms in total. The van der Waals surface area contributed by atoms with Crippen LogP contribution in [0.4, 0.5) is 4.39 Å². The van der Waals surface area contributed by atoms with Crippen LogP contribution >= 0.6 is 11.3 Å². The SMILES string of the molecule is Cc1ccc(F)cc1CNC(O)c1cc2c(s1)CCNC2. The van der Waals surface area contributed by atoms with E-state index in [-0.39, 0.29) is 5.82 Å². The first-order valence-corrected chi connectivity index (χ1v) is 7.94. The van der Waals surface area contributed by atoms with Crippen molar-refractivity contribution in [2.75, 3.05) is 6.54 Å². The van der Waals surface area contributed by atoms with Crippen LogP contribution in [0.25, 0.3) is 0 Å². The molecule has 0 aliphatic carbocycles. The Morgan fingerprint density at radius 1 is 1.43 bits per heavy atom. The number of hydrogen-bond donors (Lipinski definition) is 3. The largest absolute Gasteiger partial charge is 0.373 e. The summed E-state index contributed by atoms with van der Waals surface area (Å²) < 4.78 is 13.3. The molecule has 1 atom stereocenters. The van der Waals surface area contributed by atoms with Crippen LogP contribution in [0.2, 0.25) is 0 Å². The molecule has 0 radical (unpaired) electrons. The standard InChI is InChI=1S/C16H19FN2OS/c1-10-2-3-13(17)6-11(10)9-19-16(20)15-7-12-8-18-5-4-14(12)21-15/h2-3,6-7,16,18-20H,4-5,8-9H2,1H3. The molecule has 0 saturated heterocycles. The summed E-state index contributed by atoms with van der Waals surface area (Å²) in [7, 11) is 0. The zero-order valence-electron chi connectivity index (χ0n) is 11.9. The van der Waals surface area contributed by atoms with E-state index in [9.17, 15) is 9.50 Å². The molecule has 2 heterocycles. The van der Waals surface area contributed by atoms with E-state index in [0.717, 1.165) is 35.5 Å². The van der Waals surface area contributed by atoms with E-state index in [1.165, 1.54) is 22.6 Å². The van der Waals surface area contributed by atoms with E-state index in [0.29, 0.717) is 6.54 Å². The molecule has 3 rings (SSSR count). The van der Waals surface area contributed by atoms with Crippen molar-refractivity contribution in [3.05, 3.63) is 56.5 Å². The highest BCUT2D eigenvalue weighted by Gasteiger charge is 2.17. The fourth-order valence-electron chi connectivity index (χ4n) is 2.55. The maximum atomic E-state index is 13.3. The summed E-state index contributed by atoms with van der Waals surface area (Å²) in [5.74, 6) is -0.246. The van der Waals surface area contributed by atoms with Crippen LogP contribution in [-0.2, 0) is 19.5 Å². The van der Waals surface area contributed by atoms with Crippen molar-refractivity contribution in [3.8, 4) is 0 Å². The molecule has 112 valence electrons. The fraction of sp³-hybridized carbons (Fsp3) is 0.375. The molecular weight excluding hydrogens is 287 g/mol. The third-order valence-corrected chi connectivity index (χ3v) is 5.12. The normalized spacial score (nSPS) is 15.8. The zero-order chi connectivity index (χ0) is 14.8. The van der Waals surface area contributed by atoms with E-state index in [2.05, 4.69) is 16.7 Å². The fourth-order valence-corrected chi connectivity index (χ4v) is 3.70. The van der Waals surface area contributed by atoms with Crippen LogP contribution < -0.4 is 10.6 Å². The smallest absolute Gasteiger partial charge is 0.140 e. The topological polar surface area (TPSA) is 44.3 Å². The predicted octanol–water partition coefficient (Wildman–Crippen LogP) is 2.62. The van der Waals surface area contributed by atoms with Gasteiger partial charge in [-0.15, -0.1) is 11.3 Å².